The number of amides is 3. The van der Waals surface area contributed by atoms with Crippen molar-refractivity contribution in [2.24, 2.45) is 0 Å². The number of halogens is 3. The zero-order valence-corrected chi connectivity index (χ0v) is 17.0. The van der Waals surface area contributed by atoms with Gasteiger partial charge in [0.05, 0.1) is 10.6 Å². The molecule has 0 spiro atoms. The van der Waals surface area contributed by atoms with Crippen LogP contribution in [-0.4, -0.2) is 61.6 Å². The maximum Gasteiger partial charge on any atom is 0.490 e. The van der Waals surface area contributed by atoms with Gasteiger partial charge in [-0.15, -0.1) is 0 Å². The lowest BCUT2D eigenvalue weighted by atomic mass is 9.91. The van der Waals surface area contributed by atoms with E-state index in [1.54, 1.807) is 18.3 Å². The van der Waals surface area contributed by atoms with Crippen LogP contribution in [0.15, 0.2) is 17.2 Å². The van der Waals surface area contributed by atoms with Gasteiger partial charge in [0.25, 0.3) is 11.1 Å². The van der Waals surface area contributed by atoms with Gasteiger partial charge in [-0.25, -0.2) is 19.6 Å². The summed E-state index contributed by atoms with van der Waals surface area (Å²) in [6.45, 7) is 0. The Bertz CT molecular complexity index is 918. The van der Waals surface area contributed by atoms with E-state index < -0.39 is 29.4 Å². The first-order chi connectivity index (χ1) is 14.9. The maximum atomic E-state index is 11.6. The van der Waals surface area contributed by atoms with Crippen molar-refractivity contribution in [2.45, 2.75) is 43.9 Å². The van der Waals surface area contributed by atoms with Gasteiger partial charge in [-0.1, -0.05) is 0 Å². The smallest absolute Gasteiger partial charge is 0.475 e. The van der Waals surface area contributed by atoms with Crippen LogP contribution in [0, 0.1) is 0 Å². The molecular weight excluding hydrogens is 459 g/mol. The molecule has 0 atom stereocenters. The zero-order chi connectivity index (χ0) is 23.9. The summed E-state index contributed by atoms with van der Waals surface area (Å²) >= 11 is 0.841. The fourth-order valence-electron chi connectivity index (χ4n) is 2.82. The van der Waals surface area contributed by atoms with E-state index >= 15 is 0 Å². The van der Waals surface area contributed by atoms with Gasteiger partial charge in [-0.2, -0.15) is 13.2 Å². The molecule has 1 saturated heterocycles. The Hall–Kier alpha value is -3.36. The number of hydrogen-bond acceptors (Lipinski definition) is 8. The minimum atomic E-state index is -5.08. The van der Waals surface area contributed by atoms with Crippen molar-refractivity contribution in [1.82, 2.24) is 20.6 Å². The summed E-state index contributed by atoms with van der Waals surface area (Å²) in [5.74, 6) is -2.74. The molecule has 1 saturated carbocycles. The molecule has 0 radical (unpaired) electrons. The molecule has 0 bridgehead atoms. The monoisotopic (exact) mass is 477 g/mol. The highest BCUT2D eigenvalue weighted by Gasteiger charge is 2.38. The Morgan fingerprint density at radius 2 is 1.75 bits per heavy atom. The number of anilines is 1. The summed E-state index contributed by atoms with van der Waals surface area (Å²) in [4.78, 5) is 51.1. The minimum absolute atomic E-state index is 0.0111. The van der Waals surface area contributed by atoms with Crippen molar-refractivity contribution in [1.29, 1.82) is 0 Å². The van der Waals surface area contributed by atoms with E-state index in [1.807, 2.05) is 0 Å². The van der Waals surface area contributed by atoms with Gasteiger partial charge in [0.1, 0.15) is 0 Å². The van der Waals surface area contributed by atoms with E-state index in [1.165, 1.54) is 0 Å². The predicted molar refractivity (Wildman–Crippen MR) is 106 cm³/mol. The second-order valence-corrected chi connectivity index (χ2v) is 7.62. The number of aliphatic carboxylic acids is 1. The Kier molecular flexibility index (Phi) is 8.40. The van der Waals surface area contributed by atoms with E-state index in [0.717, 1.165) is 37.4 Å². The van der Waals surface area contributed by atoms with Gasteiger partial charge in [-0.3, -0.25) is 14.9 Å². The fourth-order valence-corrected chi connectivity index (χ4v) is 3.48. The van der Waals surface area contributed by atoms with Crippen LogP contribution in [0.4, 0.5) is 28.7 Å². The van der Waals surface area contributed by atoms with Gasteiger partial charge in [0.15, 0.2) is 0 Å². The van der Waals surface area contributed by atoms with E-state index in [2.05, 4.69) is 25.9 Å². The molecule has 0 unspecified atom stereocenters. The van der Waals surface area contributed by atoms with Crippen molar-refractivity contribution in [2.75, 3.05) is 5.32 Å². The molecule has 3 amide bonds. The number of carbonyl (C=O) groups excluding carboxylic acids is 2. The lowest BCUT2D eigenvalue weighted by Gasteiger charge is -2.28. The van der Waals surface area contributed by atoms with Crippen molar-refractivity contribution in [3.63, 3.8) is 0 Å². The topological polar surface area (TPSA) is 171 Å². The predicted octanol–water partition coefficient (Wildman–Crippen LogP) is 2.42. The molecule has 2 fully saturated rings. The number of aromatic nitrogens is 2. The van der Waals surface area contributed by atoms with E-state index in [4.69, 9.17) is 15.0 Å². The van der Waals surface area contributed by atoms with Gasteiger partial charge < -0.3 is 20.8 Å². The van der Waals surface area contributed by atoms with Crippen LogP contribution in [0.3, 0.4) is 0 Å². The molecule has 1 aromatic rings. The summed E-state index contributed by atoms with van der Waals surface area (Å²) < 4.78 is 31.7. The molecule has 11 nitrogen and oxygen atoms in total. The Morgan fingerprint density at radius 3 is 2.25 bits per heavy atom. The molecule has 1 aliphatic carbocycles. The van der Waals surface area contributed by atoms with Crippen LogP contribution < -0.4 is 16.0 Å². The maximum absolute atomic E-state index is 11.6. The molecule has 174 valence electrons. The largest absolute Gasteiger partial charge is 0.490 e. The fraction of sp³-hybridized carbons (Fsp3) is 0.412. The summed E-state index contributed by atoms with van der Waals surface area (Å²) in [6, 6.07) is 1.81. The van der Waals surface area contributed by atoms with Crippen LogP contribution in [0.1, 0.15) is 31.4 Å². The van der Waals surface area contributed by atoms with Gasteiger partial charge >= 0.3 is 18.2 Å². The van der Waals surface area contributed by atoms with Gasteiger partial charge in [-0.05, 0) is 49.6 Å². The van der Waals surface area contributed by atoms with Crippen LogP contribution in [0.25, 0.3) is 6.08 Å². The molecule has 3 rings (SSSR count). The highest BCUT2D eigenvalue weighted by Crippen LogP contribution is 2.25. The number of hydrogen-bond donors (Lipinski definition) is 5. The summed E-state index contributed by atoms with van der Waals surface area (Å²) in [6.07, 6.45) is 0.190. The third-order valence-electron chi connectivity index (χ3n) is 4.23. The molecule has 2 heterocycles. The van der Waals surface area contributed by atoms with Crippen molar-refractivity contribution in [3.05, 3.63) is 22.9 Å². The summed E-state index contributed by atoms with van der Waals surface area (Å²) in [5, 5.41) is 23.4. The first-order valence-corrected chi connectivity index (χ1v) is 9.89. The van der Waals surface area contributed by atoms with Gasteiger partial charge in [0.2, 0.25) is 5.95 Å². The molecule has 1 aliphatic heterocycles. The first-order valence-electron chi connectivity index (χ1n) is 9.08. The lowest BCUT2D eigenvalue weighted by Crippen LogP contribution is -2.39. The molecule has 2 aliphatic rings. The lowest BCUT2D eigenvalue weighted by molar-refractivity contribution is -0.192. The second-order valence-electron chi connectivity index (χ2n) is 6.60. The highest BCUT2D eigenvalue weighted by atomic mass is 32.2. The number of carbonyl (C=O) groups is 4. The van der Waals surface area contributed by atoms with Crippen LogP contribution in [0.2, 0.25) is 0 Å². The van der Waals surface area contributed by atoms with Crippen molar-refractivity contribution < 1.29 is 42.6 Å². The average molecular weight is 477 g/mol. The normalized spacial score (nSPS) is 21.9. The first kappa shape index (κ1) is 24.9. The molecular formula is C17H18F3N5O6S. The van der Waals surface area contributed by atoms with Gasteiger partial charge in [0, 0.05) is 18.3 Å². The number of carboxylic acid groups (broad SMARTS) is 2. The number of alkyl halides is 3. The Morgan fingerprint density at radius 1 is 1.16 bits per heavy atom. The molecule has 5 N–H and O–H groups in total. The Labute approximate surface area is 182 Å². The summed E-state index contributed by atoms with van der Waals surface area (Å²) in [7, 11) is 0. The van der Waals surface area contributed by atoms with E-state index in [9.17, 15) is 27.6 Å². The number of nitrogens with zero attached hydrogens (tertiary/aromatic N) is 2. The number of thioether (sulfide) groups is 1. The average Bonchev–Trinajstić information content (AvgIpc) is 3.00. The molecule has 1 aromatic heterocycles. The number of carboxylic acids is 1. The third kappa shape index (κ3) is 8.05. The number of nitrogens with one attached hydrogen (secondary N) is 3. The number of rotatable bonds is 4. The van der Waals surface area contributed by atoms with Crippen LogP contribution in [-0.2, 0) is 9.59 Å². The van der Waals surface area contributed by atoms with Crippen molar-refractivity contribution >= 4 is 47.0 Å². The van der Waals surface area contributed by atoms with Crippen molar-refractivity contribution in [3.8, 4) is 0 Å². The third-order valence-corrected chi connectivity index (χ3v) is 5.04. The quantitative estimate of drug-likeness (QED) is 0.406. The zero-order valence-electron chi connectivity index (χ0n) is 16.2. The van der Waals surface area contributed by atoms with Crippen LogP contribution >= 0.6 is 11.8 Å². The van der Waals surface area contributed by atoms with E-state index in [-0.39, 0.29) is 12.1 Å². The molecule has 15 heteroatoms. The second kappa shape index (κ2) is 10.8. The SMILES string of the molecule is O=C(O)C(F)(F)F.O=C(O)NC1CCC(Nc2nccc(C=C3SC(=O)NC3=O)n2)CC1. The standard InChI is InChI=1S/C15H17N5O4S.C2HF3O2/c21-12-11(25-15(24)20-12)7-10-5-6-16-13(18-10)17-8-1-3-9(4-2-8)19-14(22)23;3-2(4,5)1(6)7/h5-9,19H,1-4H2,(H,22,23)(H,16,17,18)(H,20,21,24);(H,6,7). The number of imide groups is 1. The summed E-state index contributed by atoms with van der Waals surface area (Å²) in [5.41, 5.74) is 0.533. The van der Waals surface area contributed by atoms with Crippen LogP contribution in [0.5, 0.6) is 0 Å². The highest BCUT2D eigenvalue weighted by molar-refractivity contribution is 8.18. The minimum Gasteiger partial charge on any atom is -0.475 e. The van der Waals surface area contributed by atoms with E-state index in [0.29, 0.717) is 16.5 Å². The molecule has 32 heavy (non-hydrogen) atoms. The Balaban J connectivity index is 0.000000451. The molecule has 0 aromatic carbocycles.